The van der Waals surface area contributed by atoms with E-state index < -0.39 is 12.7 Å². The van der Waals surface area contributed by atoms with Gasteiger partial charge in [0.1, 0.15) is 24.0 Å². The number of alkyl halides is 3. The smallest absolute Gasteiger partial charge is 0.348 e. The molecule has 102 valence electrons. The Hall–Kier alpha value is -1.57. The Bertz CT molecular complexity index is 371. The van der Waals surface area contributed by atoms with E-state index in [1.165, 1.54) is 6.07 Å². The van der Waals surface area contributed by atoms with Crippen molar-refractivity contribution in [1.82, 2.24) is 9.97 Å². The first-order valence-electron chi connectivity index (χ1n) is 5.55. The van der Waals surface area contributed by atoms with Gasteiger partial charge in [0, 0.05) is 19.0 Å². The molecule has 0 fully saturated rings. The van der Waals surface area contributed by atoms with E-state index in [0.717, 1.165) is 4.90 Å². The summed E-state index contributed by atoms with van der Waals surface area (Å²) in [6.45, 7) is 2.60. The molecule has 0 aromatic carbocycles. The van der Waals surface area contributed by atoms with Crippen molar-refractivity contribution in [1.29, 1.82) is 0 Å². The fourth-order valence-electron chi connectivity index (χ4n) is 1.45. The minimum Gasteiger partial charge on any atom is -0.348 e. The number of hydrogen-bond donors (Lipinski definition) is 2. The van der Waals surface area contributed by atoms with E-state index in [0.29, 0.717) is 18.1 Å². The molecular formula is C10H16F3N5. The zero-order valence-electron chi connectivity index (χ0n) is 10.3. The molecule has 0 atom stereocenters. The number of rotatable bonds is 5. The van der Waals surface area contributed by atoms with Gasteiger partial charge in [-0.15, -0.1) is 0 Å². The minimum absolute atomic E-state index is 0.198. The van der Waals surface area contributed by atoms with Crippen molar-refractivity contribution in [2.24, 2.45) is 5.84 Å². The second kappa shape index (κ2) is 5.85. The Balaban J connectivity index is 3.04. The molecule has 18 heavy (non-hydrogen) atoms. The standard InChI is InChI=1S/C10H16F3N5/c1-3-7-15-8(17-14)5-9(16-7)18(4-2)6-10(11,12)13/h5H,3-4,6,14H2,1-2H3,(H,15,16,17). The van der Waals surface area contributed by atoms with E-state index in [1.807, 2.05) is 6.92 Å². The van der Waals surface area contributed by atoms with Gasteiger partial charge in [0.05, 0.1) is 0 Å². The summed E-state index contributed by atoms with van der Waals surface area (Å²) in [5, 5.41) is 0. The lowest BCUT2D eigenvalue weighted by Crippen LogP contribution is -2.35. The first kappa shape index (κ1) is 14.5. The fourth-order valence-corrected chi connectivity index (χ4v) is 1.45. The van der Waals surface area contributed by atoms with Crippen molar-refractivity contribution in [3.63, 3.8) is 0 Å². The lowest BCUT2D eigenvalue weighted by Gasteiger charge is -2.23. The highest BCUT2D eigenvalue weighted by atomic mass is 19.4. The Morgan fingerprint density at radius 3 is 2.44 bits per heavy atom. The second-order valence-corrected chi connectivity index (χ2v) is 3.65. The van der Waals surface area contributed by atoms with Gasteiger partial charge in [-0.2, -0.15) is 13.2 Å². The Morgan fingerprint density at radius 2 is 2.00 bits per heavy atom. The largest absolute Gasteiger partial charge is 0.405 e. The summed E-state index contributed by atoms with van der Waals surface area (Å²) < 4.78 is 37.3. The average molecular weight is 263 g/mol. The van der Waals surface area contributed by atoms with E-state index in [-0.39, 0.29) is 12.4 Å². The zero-order chi connectivity index (χ0) is 13.8. The summed E-state index contributed by atoms with van der Waals surface area (Å²) in [7, 11) is 0. The molecule has 1 aromatic rings. The molecule has 0 amide bonds. The average Bonchev–Trinajstić information content (AvgIpc) is 2.34. The Labute approximate surface area is 103 Å². The fraction of sp³-hybridized carbons (Fsp3) is 0.600. The lowest BCUT2D eigenvalue weighted by molar-refractivity contribution is -0.119. The summed E-state index contributed by atoms with van der Waals surface area (Å²) in [5.41, 5.74) is 2.32. The molecule has 0 aliphatic heterocycles. The van der Waals surface area contributed by atoms with E-state index in [2.05, 4.69) is 15.4 Å². The van der Waals surface area contributed by atoms with Gasteiger partial charge in [-0.1, -0.05) is 6.92 Å². The third kappa shape index (κ3) is 4.02. The second-order valence-electron chi connectivity index (χ2n) is 3.65. The van der Waals surface area contributed by atoms with Crippen LogP contribution < -0.4 is 16.2 Å². The zero-order valence-corrected chi connectivity index (χ0v) is 10.3. The third-order valence-electron chi connectivity index (χ3n) is 2.30. The molecule has 3 N–H and O–H groups in total. The molecule has 0 aliphatic rings. The highest BCUT2D eigenvalue weighted by molar-refractivity contribution is 5.49. The molecule has 1 heterocycles. The minimum atomic E-state index is -4.27. The summed E-state index contributed by atoms with van der Waals surface area (Å²) in [5.74, 6) is 6.20. The third-order valence-corrected chi connectivity index (χ3v) is 2.30. The first-order valence-corrected chi connectivity index (χ1v) is 5.55. The van der Waals surface area contributed by atoms with Gasteiger partial charge in [-0.25, -0.2) is 15.8 Å². The first-order chi connectivity index (χ1) is 8.39. The van der Waals surface area contributed by atoms with Crippen molar-refractivity contribution in [2.45, 2.75) is 26.4 Å². The van der Waals surface area contributed by atoms with Crippen molar-refractivity contribution < 1.29 is 13.2 Å². The van der Waals surface area contributed by atoms with Gasteiger partial charge in [0.25, 0.3) is 0 Å². The molecule has 0 bridgehead atoms. The maximum absolute atomic E-state index is 12.4. The van der Waals surface area contributed by atoms with Crippen molar-refractivity contribution in [3.05, 3.63) is 11.9 Å². The SMILES string of the molecule is CCc1nc(NN)cc(N(CC)CC(F)(F)F)n1. The van der Waals surface area contributed by atoms with E-state index in [9.17, 15) is 13.2 Å². The topological polar surface area (TPSA) is 67.1 Å². The number of halogens is 3. The van der Waals surface area contributed by atoms with Crippen LogP contribution in [0.1, 0.15) is 19.7 Å². The van der Waals surface area contributed by atoms with Crippen molar-refractivity contribution >= 4 is 11.6 Å². The van der Waals surface area contributed by atoms with Crippen LogP contribution in [0.2, 0.25) is 0 Å². The summed E-state index contributed by atoms with van der Waals surface area (Å²) >= 11 is 0. The molecule has 0 spiro atoms. The molecule has 8 heteroatoms. The molecule has 0 aliphatic carbocycles. The van der Waals surface area contributed by atoms with Gasteiger partial charge < -0.3 is 10.3 Å². The summed E-state index contributed by atoms with van der Waals surface area (Å²) in [4.78, 5) is 9.23. The molecule has 0 unspecified atom stereocenters. The normalized spacial score (nSPS) is 11.4. The molecule has 0 saturated carbocycles. The van der Waals surface area contributed by atoms with Gasteiger partial charge in [0.2, 0.25) is 0 Å². The van der Waals surface area contributed by atoms with Gasteiger partial charge >= 0.3 is 6.18 Å². The number of aromatic nitrogens is 2. The van der Waals surface area contributed by atoms with E-state index >= 15 is 0 Å². The molecule has 0 radical (unpaired) electrons. The van der Waals surface area contributed by atoms with Crippen LogP contribution in [0.5, 0.6) is 0 Å². The van der Waals surface area contributed by atoms with Crippen LogP contribution in [-0.2, 0) is 6.42 Å². The van der Waals surface area contributed by atoms with Crippen LogP contribution in [0.25, 0.3) is 0 Å². The number of hydrogen-bond acceptors (Lipinski definition) is 5. The number of nitrogen functional groups attached to an aromatic ring is 1. The highest BCUT2D eigenvalue weighted by Gasteiger charge is 2.31. The maximum Gasteiger partial charge on any atom is 0.405 e. The van der Waals surface area contributed by atoms with Crippen LogP contribution in [0.4, 0.5) is 24.8 Å². The van der Waals surface area contributed by atoms with Crippen LogP contribution >= 0.6 is 0 Å². The van der Waals surface area contributed by atoms with Crippen LogP contribution in [-0.4, -0.2) is 29.2 Å². The molecule has 5 nitrogen and oxygen atoms in total. The quantitative estimate of drug-likeness (QED) is 0.625. The van der Waals surface area contributed by atoms with Crippen LogP contribution in [0.15, 0.2) is 6.07 Å². The number of nitrogens with one attached hydrogen (secondary N) is 1. The van der Waals surface area contributed by atoms with Crippen molar-refractivity contribution in [2.75, 3.05) is 23.4 Å². The molecular weight excluding hydrogens is 247 g/mol. The highest BCUT2D eigenvalue weighted by Crippen LogP contribution is 2.22. The Morgan fingerprint density at radius 1 is 1.33 bits per heavy atom. The molecule has 1 rings (SSSR count). The van der Waals surface area contributed by atoms with E-state index in [1.54, 1.807) is 6.92 Å². The Kier molecular flexibility index (Phi) is 4.71. The number of hydrazine groups is 1. The van der Waals surface area contributed by atoms with Gasteiger partial charge in [-0.05, 0) is 6.92 Å². The number of nitrogens with zero attached hydrogens (tertiary/aromatic N) is 3. The predicted molar refractivity (Wildman–Crippen MR) is 63.2 cm³/mol. The van der Waals surface area contributed by atoms with Crippen LogP contribution in [0, 0.1) is 0 Å². The van der Waals surface area contributed by atoms with Gasteiger partial charge in [0.15, 0.2) is 0 Å². The number of anilines is 2. The van der Waals surface area contributed by atoms with Crippen LogP contribution in [0.3, 0.4) is 0 Å². The molecule has 1 aromatic heterocycles. The van der Waals surface area contributed by atoms with E-state index in [4.69, 9.17) is 5.84 Å². The summed E-state index contributed by atoms with van der Waals surface area (Å²) in [6.07, 6.45) is -3.75. The monoisotopic (exact) mass is 263 g/mol. The number of nitrogens with two attached hydrogens (primary N) is 1. The number of aryl methyl sites for hydroxylation is 1. The van der Waals surface area contributed by atoms with Crippen molar-refractivity contribution in [3.8, 4) is 0 Å². The maximum atomic E-state index is 12.4. The molecule has 0 saturated heterocycles. The van der Waals surface area contributed by atoms with Gasteiger partial charge in [-0.3, -0.25) is 0 Å². The summed E-state index contributed by atoms with van der Waals surface area (Å²) in [6, 6.07) is 1.40. The predicted octanol–water partition coefficient (Wildman–Crippen LogP) is 1.71. The lowest BCUT2D eigenvalue weighted by atomic mass is 10.4.